The molecule has 2 aromatic rings. The lowest BCUT2D eigenvalue weighted by atomic mass is 10.1. The first-order chi connectivity index (χ1) is 11.8. The molecule has 8 heteroatoms. The van der Waals surface area contributed by atoms with E-state index in [-0.39, 0.29) is 12.4 Å². The van der Waals surface area contributed by atoms with Crippen LogP contribution in [0, 0.1) is 20.8 Å². The summed E-state index contributed by atoms with van der Waals surface area (Å²) in [6.07, 6.45) is 0. The van der Waals surface area contributed by atoms with Crippen LogP contribution in [0.25, 0.3) is 0 Å². The minimum Gasteiger partial charge on any atom is -0.462 e. The first kappa shape index (κ1) is 18.7. The highest BCUT2D eigenvalue weighted by Gasteiger charge is 2.22. The molecule has 0 spiro atoms. The van der Waals surface area contributed by atoms with Crippen molar-refractivity contribution in [3.05, 3.63) is 39.7 Å². The second-order valence-electron chi connectivity index (χ2n) is 5.24. The van der Waals surface area contributed by atoms with Crippen LogP contribution in [0.3, 0.4) is 0 Å². The lowest BCUT2D eigenvalue weighted by Gasteiger charge is -2.07. The van der Waals surface area contributed by atoms with Gasteiger partial charge in [-0.3, -0.25) is 4.79 Å². The van der Waals surface area contributed by atoms with Crippen molar-refractivity contribution in [1.29, 1.82) is 0 Å². The van der Waals surface area contributed by atoms with Crippen LogP contribution >= 0.6 is 11.3 Å². The number of esters is 2. The van der Waals surface area contributed by atoms with Gasteiger partial charge in [-0.05, 0) is 45.4 Å². The number of ether oxygens (including phenoxy) is 2. The van der Waals surface area contributed by atoms with Gasteiger partial charge >= 0.3 is 11.9 Å². The Balaban J connectivity index is 2.02. The van der Waals surface area contributed by atoms with Gasteiger partial charge in [-0.15, -0.1) is 11.3 Å². The highest BCUT2D eigenvalue weighted by atomic mass is 32.1. The number of hydrogen-bond acceptors (Lipinski definition) is 7. The molecule has 2 aromatic heterocycles. The summed E-state index contributed by atoms with van der Waals surface area (Å²) in [6, 6.07) is 3.10. The van der Waals surface area contributed by atoms with Crippen molar-refractivity contribution in [2.24, 2.45) is 0 Å². The molecular formula is C17H19NO6S. The summed E-state index contributed by atoms with van der Waals surface area (Å²) in [5.41, 5.74) is 1.08. The van der Waals surface area contributed by atoms with Gasteiger partial charge < -0.3 is 19.2 Å². The third-order valence-electron chi connectivity index (χ3n) is 3.39. The van der Waals surface area contributed by atoms with Crippen LogP contribution < -0.4 is 5.32 Å². The van der Waals surface area contributed by atoms with Gasteiger partial charge in [0.1, 0.15) is 10.8 Å². The van der Waals surface area contributed by atoms with E-state index in [0.717, 1.165) is 10.4 Å². The molecule has 1 N–H and O–H groups in total. The molecule has 0 saturated heterocycles. The largest absolute Gasteiger partial charge is 0.462 e. The molecular weight excluding hydrogens is 346 g/mol. The molecule has 0 radical (unpaired) electrons. The first-order valence-electron chi connectivity index (χ1n) is 7.64. The average molecular weight is 365 g/mol. The van der Waals surface area contributed by atoms with Gasteiger partial charge in [0.15, 0.2) is 6.61 Å². The second kappa shape index (κ2) is 7.98. The van der Waals surface area contributed by atoms with Crippen LogP contribution in [-0.4, -0.2) is 31.1 Å². The van der Waals surface area contributed by atoms with E-state index in [1.54, 1.807) is 26.8 Å². The standard InChI is InChI=1S/C17H19NO6S/c1-5-22-17(21)14-10(3)11(4)25-15(14)18-13(19)8-23-16(20)12-7-6-9(2)24-12/h6-7H,5,8H2,1-4H3,(H,18,19). The van der Waals surface area contributed by atoms with E-state index >= 15 is 0 Å². The number of rotatable bonds is 6. The number of carbonyl (C=O) groups excluding carboxylic acids is 3. The third kappa shape index (κ3) is 4.48. The Labute approximate surface area is 148 Å². The topological polar surface area (TPSA) is 94.8 Å². The Morgan fingerprint density at radius 2 is 1.84 bits per heavy atom. The smallest absolute Gasteiger partial charge is 0.374 e. The van der Waals surface area contributed by atoms with Crippen LogP contribution in [0.2, 0.25) is 0 Å². The monoisotopic (exact) mass is 365 g/mol. The molecule has 0 aliphatic carbocycles. The summed E-state index contributed by atoms with van der Waals surface area (Å²) < 4.78 is 15.1. The predicted octanol–water partition coefficient (Wildman–Crippen LogP) is 3.24. The molecule has 134 valence electrons. The summed E-state index contributed by atoms with van der Waals surface area (Å²) in [4.78, 5) is 36.8. The number of thiophene rings is 1. The highest BCUT2D eigenvalue weighted by molar-refractivity contribution is 7.16. The first-order valence-corrected chi connectivity index (χ1v) is 8.45. The Hall–Kier alpha value is -2.61. The zero-order valence-corrected chi connectivity index (χ0v) is 15.2. The molecule has 0 aromatic carbocycles. The summed E-state index contributed by atoms with van der Waals surface area (Å²) in [5.74, 6) is -1.18. The van der Waals surface area contributed by atoms with E-state index in [0.29, 0.717) is 16.3 Å². The maximum Gasteiger partial charge on any atom is 0.374 e. The molecule has 0 aliphatic heterocycles. The molecule has 2 rings (SSSR count). The Morgan fingerprint density at radius 3 is 2.44 bits per heavy atom. The number of furan rings is 1. The molecule has 0 atom stereocenters. The van der Waals surface area contributed by atoms with Gasteiger partial charge in [0.25, 0.3) is 5.91 Å². The van der Waals surface area contributed by atoms with Crippen molar-refractivity contribution in [1.82, 2.24) is 0 Å². The quantitative estimate of drug-likeness (QED) is 0.790. The molecule has 1 amide bonds. The van der Waals surface area contributed by atoms with Crippen molar-refractivity contribution in [3.8, 4) is 0 Å². The molecule has 0 fully saturated rings. The maximum absolute atomic E-state index is 12.1. The SMILES string of the molecule is CCOC(=O)c1c(NC(=O)COC(=O)c2ccc(C)o2)sc(C)c1C. The zero-order chi connectivity index (χ0) is 18.6. The predicted molar refractivity (Wildman–Crippen MR) is 92.1 cm³/mol. The molecule has 0 unspecified atom stereocenters. The minimum absolute atomic E-state index is 0.0281. The Morgan fingerprint density at radius 1 is 1.12 bits per heavy atom. The van der Waals surface area contributed by atoms with E-state index in [1.807, 2.05) is 6.92 Å². The van der Waals surface area contributed by atoms with E-state index in [2.05, 4.69) is 5.32 Å². The Bertz CT molecular complexity index is 804. The molecule has 0 saturated carbocycles. The van der Waals surface area contributed by atoms with E-state index in [4.69, 9.17) is 13.9 Å². The van der Waals surface area contributed by atoms with E-state index < -0.39 is 24.5 Å². The number of carbonyl (C=O) groups is 3. The van der Waals surface area contributed by atoms with Crippen LogP contribution in [0.1, 0.15) is 44.0 Å². The van der Waals surface area contributed by atoms with Crippen molar-refractivity contribution >= 4 is 34.2 Å². The van der Waals surface area contributed by atoms with Gasteiger partial charge in [-0.25, -0.2) is 9.59 Å². The number of anilines is 1. The van der Waals surface area contributed by atoms with Crippen LogP contribution in [0.15, 0.2) is 16.5 Å². The van der Waals surface area contributed by atoms with Gasteiger partial charge in [-0.1, -0.05) is 0 Å². The molecule has 25 heavy (non-hydrogen) atoms. The fourth-order valence-corrected chi connectivity index (χ4v) is 3.14. The highest BCUT2D eigenvalue weighted by Crippen LogP contribution is 2.33. The third-order valence-corrected chi connectivity index (χ3v) is 4.52. The second-order valence-corrected chi connectivity index (χ2v) is 6.47. The van der Waals surface area contributed by atoms with Crippen molar-refractivity contribution in [3.63, 3.8) is 0 Å². The lowest BCUT2D eigenvalue weighted by Crippen LogP contribution is -2.21. The fourth-order valence-electron chi connectivity index (χ4n) is 2.07. The van der Waals surface area contributed by atoms with Gasteiger partial charge in [0.05, 0.1) is 12.2 Å². The van der Waals surface area contributed by atoms with Gasteiger partial charge in [0, 0.05) is 4.88 Å². The minimum atomic E-state index is -0.729. The zero-order valence-electron chi connectivity index (χ0n) is 14.4. The normalized spacial score (nSPS) is 10.4. The molecule has 7 nitrogen and oxygen atoms in total. The number of hydrogen-bond donors (Lipinski definition) is 1. The molecule has 2 heterocycles. The van der Waals surface area contributed by atoms with Crippen LogP contribution in [0.4, 0.5) is 5.00 Å². The van der Waals surface area contributed by atoms with Gasteiger partial charge in [-0.2, -0.15) is 0 Å². The molecule has 0 aliphatic rings. The van der Waals surface area contributed by atoms with Crippen LogP contribution in [-0.2, 0) is 14.3 Å². The summed E-state index contributed by atoms with van der Waals surface area (Å²) in [7, 11) is 0. The lowest BCUT2D eigenvalue weighted by molar-refractivity contribution is -0.119. The fraction of sp³-hybridized carbons (Fsp3) is 0.353. The Kier molecular flexibility index (Phi) is 5.97. The number of aryl methyl sites for hydroxylation is 2. The van der Waals surface area contributed by atoms with Crippen molar-refractivity contribution in [2.75, 3.05) is 18.5 Å². The number of nitrogens with one attached hydrogen (secondary N) is 1. The number of amides is 1. The maximum atomic E-state index is 12.1. The molecule has 0 bridgehead atoms. The average Bonchev–Trinajstić information content (AvgIpc) is 3.09. The van der Waals surface area contributed by atoms with E-state index in [1.165, 1.54) is 17.4 Å². The summed E-state index contributed by atoms with van der Waals surface area (Å²) >= 11 is 1.27. The van der Waals surface area contributed by atoms with Crippen LogP contribution in [0.5, 0.6) is 0 Å². The van der Waals surface area contributed by atoms with Gasteiger partial charge in [0.2, 0.25) is 5.76 Å². The summed E-state index contributed by atoms with van der Waals surface area (Å²) in [6.45, 7) is 6.78. The van der Waals surface area contributed by atoms with E-state index in [9.17, 15) is 14.4 Å². The summed E-state index contributed by atoms with van der Waals surface area (Å²) in [5, 5.41) is 2.97. The van der Waals surface area contributed by atoms with Crippen molar-refractivity contribution < 1.29 is 28.3 Å². The van der Waals surface area contributed by atoms with Crippen molar-refractivity contribution in [2.45, 2.75) is 27.7 Å².